The van der Waals surface area contributed by atoms with Crippen LogP contribution in [0.3, 0.4) is 0 Å². The molecule has 0 unspecified atom stereocenters. The van der Waals surface area contributed by atoms with Gasteiger partial charge in [-0.3, -0.25) is 9.59 Å². The van der Waals surface area contributed by atoms with Gasteiger partial charge in [0.15, 0.2) is 0 Å². The van der Waals surface area contributed by atoms with Gasteiger partial charge in [-0.1, -0.05) is 35.9 Å². The van der Waals surface area contributed by atoms with Crippen molar-refractivity contribution < 1.29 is 24.5 Å². The molecule has 2 heterocycles. The third kappa shape index (κ3) is 5.46. The Balaban J connectivity index is 1.43. The normalized spacial score (nSPS) is 30.9. The van der Waals surface area contributed by atoms with Crippen molar-refractivity contribution in [2.45, 2.75) is 62.4 Å². The second kappa shape index (κ2) is 11.3. The van der Waals surface area contributed by atoms with Crippen LogP contribution in [-0.4, -0.2) is 66.4 Å². The lowest BCUT2D eigenvalue weighted by Gasteiger charge is -2.45. The minimum atomic E-state index is -1.01. The molecule has 2 aromatic carbocycles. The summed E-state index contributed by atoms with van der Waals surface area (Å²) in [4.78, 5) is 29.4. The predicted octanol–water partition coefficient (Wildman–Crippen LogP) is 5.18. The molecule has 0 aromatic heterocycles. The molecule has 2 bridgehead atoms. The number of hydrogen-bond donors (Lipinski definition) is 2. The number of fused-ring (bicyclic) bond motifs is 4. The Bertz CT molecular complexity index is 1360. The number of carboxylic acids is 1. The largest absolute Gasteiger partial charge is 0.490 e. The van der Waals surface area contributed by atoms with Crippen molar-refractivity contribution in [2.75, 3.05) is 38.2 Å². The van der Waals surface area contributed by atoms with E-state index in [2.05, 4.69) is 17.0 Å². The lowest BCUT2D eigenvalue weighted by Crippen LogP contribution is -2.49. The number of aryl methyl sites for hydroxylation is 1. The minimum absolute atomic E-state index is 0.111. The van der Waals surface area contributed by atoms with E-state index in [0.29, 0.717) is 31.1 Å². The Morgan fingerprint density at radius 3 is 2.80 bits per heavy atom. The van der Waals surface area contributed by atoms with Crippen LogP contribution < -0.4 is 9.64 Å². The number of aliphatic carboxylic acids is 1. The fraction of sp³-hybridized carbons (Fsp3) is 0.515. The van der Waals surface area contributed by atoms with Crippen molar-refractivity contribution in [1.29, 1.82) is 0 Å². The molecule has 0 radical (unpaired) electrons. The molecule has 8 heteroatoms. The molecule has 2 aromatic rings. The second-order valence-corrected chi connectivity index (χ2v) is 12.9. The third-order valence-corrected chi connectivity index (χ3v) is 10.1. The molecule has 1 saturated carbocycles. The first kappa shape index (κ1) is 28.1. The van der Waals surface area contributed by atoms with Gasteiger partial charge in [0.25, 0.3) is 0 Å². The summed E-state index contributed by atoms with van der Waals surface area (Å²) in [6.07, 6.45) is 8.82. The summed E-state index contributed by atoms with van der Waals surface area (Å²) < 4.78 is 6.57. The quantitative estimate of drug-likeness (QED) is 0.453. The summed E-state index contributed by atoms with van der Waals surface area (Å²) in [6, 6.07) is 11.8. The number of carboxylic acid groups (broad SMARTS) is 1. The number of aliphatic hydroxyl groups excluding tert-OH is 1. The molecule has 2 N–H and O–H groups in total. The number of nitrogens with zero attached hydrogens (tertiary/aromatic N) is 2. The van der Waals surface area contributed by atoms with Crippen LogP contribution in [0.1, 0.15) is 61.1 Å². The lowest BCUT2D eigenvalue weighted by molar-refractivity contribution is -0.142. The smallest absolute Gasteiger partial charge is 0.311 e. The zero-order valence-electron chi connectivity index (χ0n) is 23.6. The van der Waals surface area contributed by atoms with Gasteiger partial charge in [-0.2, -0.15) is 0 Å². The molecule has 6 rings (SSSR count). The Morgan fingerprint density at radius 2 is 2.02 bits per heavy atom. The molecule has 1 amide bonds. The Kier molecular flexibility index (Phi) is 7.77. The third-order valence-electron chi connectivity index (χ3n) is 9.90. The minimum Gasteiger partial charge on any atom is -0.490 e. The summed E-state index contributed by atoms with van der Waals surface area (Å²) in [5.74, 6) is -0.968. The van der Waals surface area contributed by atoms with Crippen molar-refractivity contribution in [1.82, 2.24) is 4.90 Å². The van der Waals surface area contributed by atoms with E-state index >= 15 is 0 Å². The van der Waals surface area contributed by atoms with Gasteiger partial charge < -0.3 is 24.7 Å². The number of carbonyl (C=O) groups excluding carboxylic acids is 1. The van der Waals surface area contributed by atoms with E-state index in [0.717, 1.165) is 61.7 Å². The summed E-state index contributed by atoms with van der Waals surface area (Å²) in [7, 11) is 1.71. The lowest BCUT2D eigenvalue weighted by atomic mass is 9.68. The van der Waals surface area contributed by atoms with Gasteiger partial charge in [0.1, 0.15) is 5.75 Å². The van der Waals surface area contributed by atoms with Crippen molar-refractivity contribution >= 4 is 29.2 Å². The number of halogens is 1. The monoisotopic (exact) mass is 578 g/mol. The van der Waals surface area contributed by atoms with Crippen LogP contribution in [0.25, 0.3) is 0 Å². The van der Waals surface area contributed by atoms with Gasteiger partial charge in [-0.15, -0.1) is 0 Å². The van der Waals surface area contributed by atoms with E-state index in [1.807, 2.05) is 30.4 Å². The molecular weight excluding hydrogens is 540 g/mol. The van der Waals surface area contributed by atoms with Gasteiger partial charge in [0.2, 0.25) is 5.91 Å². The van der Waals surface area contributed by atoms with Crippen LogP contribution >= 0.6 is 11.6 Å². The molecule has 2 aliphatic heterocycles. The second-order valence-electron chi connectivity index (χ2n) is 12.5. The number of amides is 1. The highest BCUT2D eigenvalue weighted by Crippen LogP contribution is 2.47. The van der Waals surface area contributed by atoms with Crippen molar-refractivity contribution in [3.05, 3.63) is 70.3 Å². The molecule has 0 saturated heterocycles. The zero-order chi connectivity index (χ0) is 28.7. The van der Waals surface area contributed by atoms with Crippen molar-refractivity contribution in [2.24, 2.45) is 11.8 Å². The topological polar surface area (TPSA) is 90.3 Å². The number of hydrogen-bond acceptors (Lipinski definition) is 5. The summed E-state index contributed by atoms with van der Waals surface area (Å²) in [5.41, 5.74) is 3.79. The number of anilines is 1. The molecule has 5 atom stereocenters. The standard InChI is InChI=1S/C33H39ClN2O5/c1-35-14-3-2-6-29(37)25-10-7-23(25)18-36-19-33(13-4-5-22-15-24(34)9-11-27(22)33)20-41-30-12-8-21(16-28(30)36)26(32(39)40)17-31(35)38/h2,6,8-9,11-12,15-16,23,25-26,29,37H,3-5,7,10,13-14,17-20H2,1H3,(H,39,40)/b6-2+/t23-,25+,26-,29-,33-/m0/s1. The number of aliphatic hydroxyl groups is 1. The number of ether oxygens (including phenoxy) is 1. The number of carbonyl (C=O) groups is 2. The SMILES string of the molecule is CN1CC/C=C/[C@H](O)[C@@H]2CC[C@H]2CN2C[C@@]3(CCCc4cc(Cl)ccc43)COc3ccc(cc32)[C@@H](C(=O)O)CC1=O. The number of benzene rings is 2. The van der Waals surface area contributed by atoms with Gasteiger partial charge in [-0.25, -0.2) is 0 Å². The first-order chi connectivity index (χ1) is 19.7. The van der Waals surface area contributed by atoms with Crippen LogP contribution in [0.4, 0.5) is 5.69 Å². The molecule has 4 aliphatic rings. The fourth-order valence-electron chi connectivity index (χ4n) is 7.35. The average molecular weight is 579 g/mol. The van der Waals surface area contributed by atoms with Crippen molar-refractivity contribution in [3.63, 3.8) is 0 Å². The van der Waals surface area contributed by atoms with Crippen LogP contribution in [-0.2, 0) is 21.4 Å². The zero-order valence-corrected chi connectivity index (χ0v) is 24.4. The maximum absolute atomic E-state index is 13.0. The Hall–Kier alpha value is -3.03. The van der Waals surface area contributed by atoms with E-state index in [1.165, 1.54) is 11.1 Å². The van der Waals surface area contributed by atoms with Crippen molar-refractivity contribution in [3.8, 4) is 5.75 Å². The molecule has 1 fully saturated rings. The fourth-order valence-corrected chi connectivity index (χ4v) is 7.55. The van der Waals surface area contributed by atoms with Gasteiger partial charge >= 0.3 is 5.97 Å². The van der Waals surface area contributed by atoms with E-state index in [9.17, 15) is 19.8 Å². The maximum Gasteiger partial charge on any atom is 0.311 e. The van der Waals surface area contributed by atoms with Crippen LogP contribution in [0.5, 0.6) is 5.75 Å². The molecule has 2 aliphatic carbocycles. The van der Waals surface area contributed by atoms with Crippen LogP contribution in [0.2, 0.25) is 5.02 Å². The van der Waals surface area contributed by atoms with Crippen LogP contribution in [0.15, 0.2) is 48.6 Å². The first-order valence-corrected chi connectivity index (χ1v) is 15.2. The van der Waals surface area contributed by atoms with E-state index in [1.54, 1.807) is 18.0 Å². The molecule has 41 heavy (non-hydrogen) atoms. The summed E-state index contributed by atoms with van der Waals surface area (Å²) in [5, 5.41) is 22.0. The van der Waals surface area contributed by atoms with E-state index in [-0.39, 0.29) is 23.7 Å². The summed E-state index contributed by atoms with van der Waals surface area (Å²) >= 11 is 6.39. The molecule has 218 valence electrons. The Labute approximate surface area is 246 Å². The number of rotatable bonds is 1. The van der Waals surface area contributed by atoms with Gasteiger partial charge in [-0.05, 0) is 91.3 Å². The average Bonchev–Trinajstić information content (AvgIpc) is 3.08. The molecule has 7 nitrogen and oxygen atoms in total. The highest BCUT2D eigenvalue weighted by Gasteiger charge is 2.44. The summed E-state index contributed by atoms with van der Waals surface area (Å²) in [6.45, 7) is 2.48. The van der Waals surface area contributed by atoms with Crippen LogP contribution in [0, 0.1) is 11.8 Å². The predicted molar refractivity (Wildman–Crippen MR) is 159 cm³/mol. The molecular formula is C33H39ClN2O5. The maximum atomic E-state index is 13.0. The highest BCUT2D eigenvalue weighted by atomic mass is 35.5. The molecule has 1 spiro atoms. The van der Waals surface area contributed by atoms with Gasteiger partial charge in [0, 0.05) is 43.5 Å². The Morgan fingerprint density at radius 1 is 1.17 bits per heavy atom. The highest BCUT2D eigenvalue weighted by molar-refractivity contribution is 6.30. The van der Waals surface area contributed by atoms with E-state index in [4.69, 9.17) is 16.3 Å². The van der Waals surface area contributed by atoms with Gasteiger partial charge in [0.05, 0.1) is 24.3 Å². The van der Waals surface area contributed by atoms with E-state index < -0.39 is 18.0 Å². The first-order valence-electron chi connectivity index (χ1n) is 14.9.